The van der Waals surface area contributed by atoms with E-state index in [1.54, 1.807) is 37.4 Å². The van der Waals surface area contributed by atoms with Gasteiger partial charge in [-0.25, -0.2) is 4.39 Å². The fraction of sp³-hybridized carbons (Fsp3) is 0.130. The lowest BCUT2D eigenvalue weighted by Crippen LogP contribution is -2.40. The maximum atomic E-state index is 13.7. The minimum atomic E-state index is -0.665. The van der Waals surface area contributed by atoms with Gasteiger partial charge in [0.2, 0.25) is 11.8 Å². The van der Waals surface area contributed by atoms with Gasteiger partial charge in [-0.15, -0.1) is 0 Å². The van der Waals surface area contributed by atoms with Crippen LogP contribution in [-0.2, 0) is 9.59 Å². The van der Waals surface area contributed by atoms with E-state index in [2.05, 4.69) is 10.3 Å². The Morgan fingerprint density at radius 2 is 2.03 bits per heavy atom. The Morgan fingerprint density at radius 3 is 2.77 bits per heavy atom. The topological polar surface area (TPSA) is 79.4 Å². The number of nitrogens with one attached hydrogen (secondary N) is 1. The van der Waals surface area contributed by atoms with E-state index < -0.39 is 17.6 Å². The Labute approximate surface area is 182 Å². The summed E-state index contributed by atoms with van der Waals surface area (Å²) in [5, 5.41) is 2.52. The third-order valence-electron chi connectivity index (χ3n) is 5.13. The lowest BCUT2D eigenvalue weighted by Gasteiger charge is -2.24. The molecule has 4 rings (SSSR count). The zero-order chi connectivity index (χ0) is 22.1. The van der Waals surface area contributed by atoms with E-state index in [0.29, 0.717) is 28.8 Å². The molecule has 0 fully saturated rings. The standard InChI is InChI=1S/C23H17ClFN3O3/c1-13-22-17(3-2-8-26-22)16-6-4-14(12-29)9-20(16)28(23(13)31)11-21(30)27-15-5-7-18(24)19(25)10-15/h2-10,12-13H,11H2,1H3,(H,27,30). The number of pyridine rings is 1. The Kier molecular flexibility index (Phi) is 5.52. The molecule has 1 unspecified atom stereocenters. The fourth-order valence-electron chi connectivity index (χ4n) is 3.61. The van der Waals surface area contributed by atoms with Gasteiger partial charge >= 0.3 is 0 Å². The molecule has 0 saturated carbocycles. The highest BCUT2D eigenvalue weighted by molar-refractivity contribution is 6.30. The van der Waals surface area contributed by atoms with Gasteiger partial charge < -0.3 is 10.2 Å². The molecule has 1 aromatic heterocycles. The van der Waals surface area contributed by atoms with Gasteiger partial charge in [0, 0.05) is 28.6 Å². The number of aldehydes is 1. The highest BCUT2D eigenvalue weighted by atomic mass is 35.5. The quantitative estimate of drug-likeness (QED) is 0.612. The predicted molar refractivity (Wildman–Crippen MR) is 116 cm³/mol. The van der Waals surface area contributed by atoms with Crippen molar-refractivity contribution in [2.24, 2.45) is 0 Å². The Hall–Kier alpha value is -3.58. The van der Waals surface area contributed by atoms with Crippen molar-refractivity contribution in [2.75, 3.05) is 16.8 Å². The molecule has 1 aliphatic heterocycles. The van der Waals surface area contributed by atoms with Crippen molar-refractivity contribution in [2.45, 2.75) is 12.8 Å². The molecular formula is C23H17ClFN3O3. The Bertz CT molecular complexity index is 1210. The van der Waals surface area contributed by atoms with E-state index in [4.69, 9.17) is 11.6 Å². The molecule has 1 aliphatic rings. The largest absolute Gasteiger partial charge is 0.324 e. The number of halogens is 2. The van der Waals surface area contributed by atoms with Crippen LogP contribution in [0, 0.1) is 5.82 Å². The summed E-state index contributed by atoms with van der Waals surface area (Å²) < 4.78 is 13.7. The van der Waals surface area contributed by atoms with Gasteiger partial charge in [-0.3, -0.25) is 19.4 Å². The second-order valence-corrected chi connectivity index (χ2v) is 7.56. The van der Waals surface area contributed by atoms with Crippen molar-refractivity contribution in [3.63, 3.8) is 0 Å². The molecule has 1 atom stereocenters. The summed E-state index contributed by atoms with van der Waals surface area (Å²) >= 11 is 5.68. The molecule has 0 bridgehead atoms. The van der Waals surface area contributed by atoms with Crippen LogP contribution in [-0.4, -0.2) is 29.6 Å². The molecule has 2 amide bonds. The third-order valence-corrected chi connectivity index (χ3v) is 5.44. The summed E-state index contributed by atoms with van der Waals surface area (Å²) in [5.41, 5.74) is 3.07. The lowest BCUT2D eigenvalue weighted by molar-refractivity contribution is -0.122. The molecule has 1 N–H and O–H groups in total. The Balaban J connectivity index is 1.73. The first kappa shape index (κ1) is 20.7. The number of amides is 2. The van der Waals surface area contributed by atoms with Gasteiger partial charge in [0.05, 0.1) is 22.3 Å². The molecule has 6 nitrogen and oxygen atoms in total. The summed E-state index contributed by atoms with van der Waals surface area (Å²) in [5.74, 6) is -2.13. The average Bonchev–Trinajstić information content (AvgIpc) is 2.86. The van der Waals surface area contributed by atoms with E-state index in [0.717, 1.165) is 11.6 Å². The molecular weight excluding hydrogens is 421 g/mol. The van der Waals surface area contributed by atoms with Gasteiger partial charge in [-0.2, -0.15) is 0 Å². The number of aromatic nitrogens is 1. The van der Waals surface area contributed by atoms with Crippen molar-refractivity contribution in [3.8, 4) is 11.1 Å². The first-order valence-corrected chi connectivity index (χ1v) is 9.87. The number of carbonyl (C=O) groups is 3. The van der Waals surface area contributed by atoms with Gasteiger partial charge in [-0.05, 0) is 37.3 Å². The van der Waals surface area contributed by atoms with Gasteiger partial charge in [-0.1, -0.05) is 29.8 Å². The van der Waals surface area contributed by atoms with Crippen molar-refractivity contribution in [1.29, 1.82) is 0 Å². The minimum Gasteiger partial charge on any atom is -0.324 e. The number of carbonyl (C=O) groups excluding carboxylic acids is 3. The smallest absolute Gasteiger partial charge is 0.244 e. The van der Waals surface area contributed by atoms with E-state index in [-0.39, 0.29) is 23.2 Å². The molecule has 0 saturated heterocycles. The highest BCUT2D eigenvalue weighted by Gasteiger charge is 2.33. The van der Waals surface area contributed by atoms with E-state index in [1.165, 1.54) is 17.0 Å². The van der Waals surface area contributed by atoms with Gasteiger partial charge in [0.1, 0.15) is 18.6 Å². The molecule has 8 heteroatoms. The predicted octanol–water partition coefficient (Wildman–Crippen LogP) is 4.44. The van der Waals surface area contributed by atoms with Crippen LogP contribution < -0.4 is 10.2 Å². The summed E-state index contributed by atoms with van der Waals surface area (Å²) in [7, 11) is 0. The van der Waals surface area contributed by atoms with Crippen molar-refractivity contribution < 1.29 is 18.8 Å². The molecule has 0 aliphatic carbocycles. The lowest BCUT2D eigenvalue weighted by atomic mass is 9.97. The van der Waals surface area contributed by atoms with E-state index >= 15 is 0 Å². The summed E-state index contributed by atoms with van der Waals surface area (Å²) in [4.78, 5) is 43.1. The van der Waals surface area contributed by atoms with E-state index in [9.17, 15) is 18.8 Å². The van der Waals surface area contributed by atoms with E-state index in [1.807, 2.05) is 6.07 Å². The summed E-state index contributed by atoms with van der Waals surface area (Å²) in [6, 6.07) is 12.5. The first-order chi connectivity index (χ1) is 14.9. The van der Waals surface area contributed by atoms with Crippen LogP contribution in [0.25, 0.3) is 11.1 Å². The second-order valence-electron chi connectivity index (χ2n) is 7.15. The van der Waals surface area contributed by atoms with Crippen molar-refractivity contribution >= 4 is 41.1 Å². The molecule has 156 valence electrons. The van der Waals surface area contributed by atoms with Crippen LogP contribution in [0.3, 0.4) is 0 Å². The third kappa shape index (κ3) is 3.92. The fourth-order valence-corrected chi connectivity index (χ4v) is 3.73. The number of hydrogen-bond donors (Lipinski definition) is 1. The number of hydrogen-bond acceptors (Lipinski definition) is 4. The number of nitrogens with zero attached hydrogens (tertiary/aromatic N) is 2. The second kappa shape index (κ2) is 8.28. The molecule has 2 heterocycles. The van der Waals surface area contributed by atoms with Crippen LogP contribution in [0.2, 0.25) is 5.02 Å². The van der Waals surface area contributed by atoms with Crippen LogP contribution >= 0.6 is 11.6 Å². The zero-order valence-electron chi connectivity index (χ0n) is 16.4. The van der Waals surface area contributed by atoms with Crippen LogP contribution in [0.5, 0.6) is 0 Å². The maximum absolute atomic E-state index is 13.7. The van der Waals surface area contributed by atoms with Crippen molar-refractivity contribution in [1.82, 2.24) is 4.98 Å². The van der Waals surface area contributed by atoms with Crippen molar-refractivity contribution in [3.05, 3.63) is 76.8 Å². The molecule has 3 aromatic rings. The normalized spacial score (nSPS) is 15.0. The molecule has 0 radical (unpaired) electrons. The number of benzene rings is 2. The molecule has 2 aromatic carbocycles. The zero-order valence-corrected chi connectivity index (χ0v) is 17.2. The summed E-state index contributed by atoms with van der Waals surface area (Å²) in [6.45, 7) is 1.40. The molecule has 31 heavy (non-hydrogen) atoms. The summed E-state index contributed by atoms with van der Waals surface area (Å²) in [6.07, 6.45) is 2.29. The monoisotopic (exact) mass is 437 g/mol. The van der Waals surface area contributed by atoms with Gasteiger partial charge in [0.15, 0.2) is 0 Å². The maximum Gasteiger partial charge on any atom is 0.244 e. The first-order valence-electron chi connectivity index (χ1n) is 9.50. The SMILES string of the molecule is CC1C(=O)N(CC(=O)Nc2ccc(Cl)c(F)c2)c2cc(C=O)ccc2-c2cccnc21. The van der Waals surface area contributed by atoms with Crippen LogP contribution in [0.1, 0.15) is 28.9 Å². The van der Waals surface area contributed by atoms with Crippen LogP contribution in [0.15, 0.2) is 54.7 Å². The number of fused-ring (bicyclic) bond motifs is 3. The minimum absolute atomic E-state index is 0.0601. The average molecular weight is 438 g/mol. The van der Waals surface area contributed by atoms with Gasteiger partial charge in [0.25, 0.3) is 0 Å². The van der Waals surface area contributed by atoms with Crippen LogP contribution in [0.4, 0.5) is 15.8 Å². The molecule has 0 spiro atoms. The highest BCUT2D eigenvalue weighted by Crippen LogP contribution is 2.40. The Morgan fingerprint density at radius 1 is 1.23 bits per heavy atom. The number of rotatable bonds is 4. The number of anilines is 2.